The van der Waals surface area contributed by atoms with Crippen LogP contribution in [-0.2, 0) is 0 Å². The Labute approximate surface area is 94.5 Å². The zero-order valence-electron chi connectivity index (χ0n) is 9.33. The third-order valence-electron chi connectivity index (χ3n) is 3.42. The monoisotopic (exact) mass is 219 g/mol. The molecule has 16 heavy (non-hydrogen) atoms. The van der Waals surface area contributed by atoms with E-state index in [0.29, 0.717) is 5.92 Å². The van der Waals surface area contributed by atoms with Crippen molar-refractivity contribution >= 4 is 0 Å². The zero-order chi connectivity index (χ0) is 11.0. The van der Waals surface area contributed by atoms with Gasteiger partial charge in [-0.2, -0.15) is 0 Å². The Bertz CT molecular complexity index is 430. The van der Waals surface area contributed by atoms with Gasteiger partial charge < -0.3 is 10.3 Å². The molecule has 1 atom stereocenters. The van der Waals surface area contributed by atoms with E-state index in [-0.39, 0.29) is 11.6 Å². The van der Waals surface area contributed by atoms with E-state index in [0.717, 1.165) is 24.5 Å². The maximum atomic E-state index is 11.6. The van der Waals surface area contributed by atoms with Crippen molar-refractivity contribution in [3.63, 3.8) is 0 Å². The van der Waals surface area contributed by atoms with Crippen LogP contribution in [-0.4, -0.2) is 16.5 Å². The van der Waals surface area contributed by atoms with Crippen molar-refractivity contribution in [1.29, 1.82) is 0 Å². The Morgan fingerprint density at radius 3 is 2.81 bits per heavy atom. The van der Waals surface area contributed by atoms with Gasteiger partial charge in [0.2, 0.25) is 0 Å². The van der Waals surface area contributed by atoms with Crippen molar-refractivity contribution in [3.8, 4) is 0 Å². The molecule has 0 radical (unpaired) electrons. The lowest BCUT2D eigenvalue weighted by atomic mass is 10.0. The molecule has 2 heterocycles. The standard InChI is InChI=1S/C12H17N3O/c16-11-7-10(8-4-5-8)14-12(15-11)9-3-1-2-6-13-9/h7-9,13H,1-6H2,(H,14,15,16). The Balaban J connectivity index is 1.89. The van der Waals surface area contributed by atoms with E-state index in [4.69, 9.17) is 0 Å². The smallest absolute Gasteiger partial charge is 0.251 e. The number of rotatable bonds is 2. The van der Waals surface area contributed by atoms with E-state index >= 15 is 0 Å². The summed E-state index contributed by atoms with van der Waals surface area (Å²) in [6.45, 7) is 1.03. The molecule has 1 aliphatic carbocycles. The summed E-state index contributed by atoms with van der Waals surface area (Å²) in [7, 11) is 0. The molecule has 1 aromatic rings. The molecule has 2 N–H and O–H groups in total. The van der Waals surface area contributed by atoms with E-state index in [1.54, 1.807) is 6.07 Å². The Morgan fingerprint density at radius 1 is 1.25 bits per heavy atom. The van der Waals surface area contributed by atoms with Crippen LogP contribution in [0, 0.1) is 0 Å². The molecule has 1 saturated carbocycles. The minimum atomic E-state index is -0.000673. The lowest BCUT2D eigenvalue weighted by Crippen LogP contribution is -2.30. The van der Waals surface area contributed by atoms with Gasteiger partial charge in [0, 0.05) is 12.0 Å². The molecule has 1 aromatic heterocycles. The maximum Gasteiger partial charge on any atom is 0.251 e. The molecule has 1 saturated heterocycles. The van der Waals surface area contributed by atoms with Gasteiger partial charge in [0.15, 0.2) is 0 Å². The van der Waals surface area contributed by atoms with Crippen molar-refractivity contribution in [1.82, 2.24) is 15.3 Å². The first-order valence-electron chi connectivity index (χ1n) is 6.17. The van der Waals surface area contributed by atoms with Gasteiger partial charge in [-0.05, 0) is 32.2 Å². The van der Waals surface area contributed by atoms with E-state index in [2.05, 4.69) is 15.3 Å². The fraction of sp³-hybridized carbons (Fsp3) is 0.667. The van der Waals surface area contributed by atoms with Crippen molar-refractivity contribution in [3.05, 3.63) is 27.9 Å². The highest BCUT2D eigenvalue weighted by molar-refractivity contribution is 5.15. The molecular formula is C12H17N3O. The second-order valence-corrected chi connectivity index (χ2v) is 4.83. The summed E-state index contributed by atoms with van der Waals surface area (Å²) in [4.78, 5) is 19.0. The maximum absolute atomic E-state index is 11.6. The van der Waals surface area contributed by atoms with Crippen molar-refractivity contribution in [2.75, 3.05) is 6.54 Å². The zero-order valence-corrected chi connectivity index (χ0v) is 9.33. The molecule has 1 aliphatic heterocycles. The van der Waals surface area contributed by atoms with Gasteiger partial charge in [-0.15, -0.1) is 0 Å². The summed E-state index contributed by atoms with van der Waals surface area (Å²) in [5.41, 5.74) is 0.991. The normalized spacial score (nSPS) is 25.6. The van der Waals surface area contributed by atoms with Crippen LogP contribution < -0.4 is 10.9 Å². The van der Waals surface area contributed by atoms with Crippen LogP contribution in [0.5, 0.6) is 0 Å². The van der Waals surface area contributed by atoms with Crippen LogP contribution in [0.3, 0.4) is 0 Å². The van der Waals surface area contributed by atoms with Crippen LogP contribution in [0.15, 0.2) is 10.9 Å². The fourth-order valence-corrected chi connectivity index (χ4v) is 2.33. The lowest BCUT2D eigenvalue weighted by molar-refractivity contribution is 0.395. The Hall–Kier alpha value is -1.16. The molecule has 0 spiro atoms. The highest BCUT2D eigenvalue weighted by atomic mass is 16.1. The van der Waals surface area contributed by atoms with Crippen LogP contribution in [0.2, 0.25) is 0 Å². The average Bonchev–Trinajstić information content (AvgIpc) is 3.13. The molecule has 4 heteroatoms. The second kappa shape index (κ2) is 4.01. The highest BCUT2D eigenvalue weighted by Crippen LogP contribution is 2.38. The number of nitrogens with zero attached hydrogens (tertiary/aromatic N) is 1. The lowest BCUT2D eigenvalue weighted by Gasteiger charge is -2.22. The molecular weight excluding hydrogens is 202 g/mol. The first kappa shape index (κ1) is 10.0. The third-order valence-corrected chi connectivity index (χ3v) is 3.42. The SMILES string of the molecule is O=c1cc(C2CC2)nc(C2CCCCN2)[nH]1. The minimum Gasteiger partial charge on any atom is -0.309 e. The van der Waals surface area contributed by atoms with E-state index in [1.165, 1.54) is 25.7 Å². The summed E-state index contributed by atoms with van der Waals surface area (Å²) >= 11 is 0. The number of hydrogen-bond donors (Lipinski definition) is 2. The summed E-state index contributed by atoms with van der Waals surface area (Å²) in [5, 5.41) is 3.42. The number of aromatic nitrogens is 2. The number of nitrogens with one attached hydrogen (secondary N) is 2. The van der Waals surface area contributed by atoms with Gasteiger partial charge in [-0.3, -0.25) is 4.79 Å². The van der Waals surface area contributed by atoms with E-state index < -0.39 is 0 Å². The largest absolute Gasteiger partial charge is 0.309 e. The van der Waals surface area contributed by atoms with E-state index in [1.807, 2.05) is 0 Å². The number of H-pyrrole nitrogens is 1. The molecule has 0 aromatic carbocycles. The second-order valence-electron chi connectivity index (χ2n) is 4.83. The topological polar surface area (TPSA) is 57.8 Å². The predicted octanol–water partition coefficient (Wildman–Crippen LogP) is 1.46. The van der Waals surface area contributed by atoms with Crippen LogP contribution >= 0.6 is 0 Å². The van der Waals surface area contributed by atoms with Crippen LogP contribution in [0.4, 0.5) is 0 Å². The van der Waals surface area contributed by atoms with Gasteiger partial charge in [-0.25, -0.2) is 4.98 Å². The van der Waals surface area contributed by atoms with Crippen LogP contribution in [0.1, 0.15) is 55.6 Å². The van der Waals surface area contributed by atoms with Gasteiger partial charge in [0.05, 0.1) is 11.7 Å². The number of hydrogen-bond acceptors (Lipinski definition) is 3. The number of aromatic amines is 1. The van der Waals surface area contributed by atoms with Gasteiger partial charge in [0.25, 0.3) is 5.56 Å². The molecule has 2 fully saturated rings. The summed E-state index contributed by atoms with van der Waals surface area (Å²) < 4.78 is 0. The highest BCUT2D eigenvalue weighted by Gasteiger charge is 2.27. The Kier molecular flexibility index (Phi) is 2.52. The molecule has 0 amide bonds. The summed E-state index contributed by atoms with van der Waals surface area (Å²) in [6, 6.07) is 1.91. The molecule has 0 bridgehead atoms. The minimum absolute atomic E-state index is 0.000673. The fourth-order valence-electron chi connectivity index (χ4n) is 2.33. The first-order valence-corrected chi connectivity index (χ1v) is 6.17. The van der Waals surface area contributed by atoms with Gasteiger partial charge >= 0.3 is 0 Å². The molecule has 2 aliphatic rings. The van der Waals surface area contributed by atoms with Crippen molar-refractivity contribution in [2.45, 2.75) is 44.1 Å². The Morgan fingerprint density at radius 2 is 2.12 bits per heavy atom. The van der Waals surface area contributed by atoms with Crippen molar-refractivity contribution < 1.29 is 0 Å². The predicted molar refractivity (Wildman–Crippen MR) is 61.4 cm³/mol. The van der Waals surface area contributed by atoms with Crippen molar-refractivity contribution in [2.24, 2.45) is 0 Å². The summed E-state index contributed by atoms with van der Waals surface area (Å²) in [5.74, 6) is 1.39. The molecule has 1 unspecified atom stereocenters. The van der Waals surface area contributed by atoms with Gasteiger partial charge in [0.1, 0.15) is 5.82 Å². The molecule has 4 nitrogen and oxygen atoms in total. The van der Waals surface area contributed by atoms with Crippen LogP contribution in [0.25, 0.3) is 0 Å². The summed E-state index contributed by atoms with van der Waals surface area (Å²) in [6.07, 6.45) is 5.90. The van der Waals surface area contributed by atoms with Gasteiger partial charge in [-0.1, -0.05) is 6.42 Å². The quantitative estimate of drug-likeness (QED) is 0.791. The first-order chi connectivity index (χ1) is 7.83. The third kappa shape index (κ3) is 2.02. The molecule has 86 valence electrons. The molecule has 3 rings (SSSR count). The number of piperidine rings is 1. The average molecular weight is 219 g/mol. The van der Waals surface area contributed by atoms with E-state index in [9.17, 15) is 4.79 Å².